The van der Waals surface area contributed by atoms with Crippen molar-refractivity contribution in [3.63, 3.8) is 0 Å². The Hall–Kier alpha value is -1.21. The van der Waals surface area contributed by atoms with Crippen molar-refractivity contribution in [3.05, 3.63) is 34.6 Å². The number of unbranched alkanes of at least 4 members (excludes halogenated alkanes) is 1. The Kier molecular flexibility index (Phi) is 5.03. The van der Waals surface area contributed by atoms with Gasteiger partial charge in [0.25, 0.3) is 0 Å². The van der Waals surface area contributed by atoms with Crippen molar-refractivity contribution in [1.82, 2.24) is 0 Å². The van der Waals surface area contributed by atoms with Gasteiger partial charge in [-0.1, -0.05) is 6.42 Å². The van der Waals surface area contributed by atoms with Crippen LogP contribution in [-0.4, -0.2) is 6.54 Å². The minimum Gasteiger partial charge on any atom is -0.330 e. The van der Waals surface area contributed by atoms with Gasteiger partial charge in [-0.15, -0.1) is 0 Å². The summed E-state index contributed by atoms with van der Waals surface area (Å²) in [7, 11) is 0. The fraction of sp³-hybridized carbons (Fsp3) is 0.455. The number of halogens is 5. The zero-order valence-electron chi connectivity index (χ0n) is 9.45. The molecule has 2 nitrogen and oxygen atoms in total. The monoisotopic (exact) mass is 268 g/mol. The Morgan fingerprint density at radius 3 is 1.67 bits per heavy atom. The number of benzene rings is 1. The van der Waals surface area contributed by atoms with Crippen molar-refractivity contribution in [1.29, 1.82) is 0 Å². The third kappa shape index (κ3) is 2.78. The number of nitrogens with two attached hydrogens (primary N) is 2. The molecule has 0 aliphatic carbocycles. The molecular weight excluding hydrogens is 255 g/mol. The van der Waals surface area contributed by atoms with Gasteiger partial charge in [0.15, 0.2) is 23.3 Å². The zero-order chi connectivity index (χ0) is 13.9. The van der Waals surface area contributed by atoms with Gasteiger partial charge in [-0.3, -0.25) is 0 Å². The summed E-state index contributed by atoms with van der Waals surface area (Å²) in [5, 5.41) is 0. The lowest BCUT2D eigenvalue weighted by Gasteiger charge is -2.15. The van der Waals surface area contributed by atoms with Crippen LogP contribution in [0, 0.1) is 29.1 Å². The first kappa shape index (κ1) is 14.8. The second kappa shape index (κ2) is 6.10. The minimum absolute atomic E-state index is 0.0928. The average molecular weight is 268 g/mol. The highest BCUT2D eigenvalue weighted by atomic mass is 19.2. The predicted molar refractivity (Wildman–Crippen MR) is 56.1 cm³/mol. The summed E-state index contributed by atoms with van der Waals surface area (Å²) in [6, 6.07) is -1.25. The Labute approximate surface area is 101 Å². The van der Waals surface area contributed by atoms with E-state index in [-0.39, 0.29) is 6.42 Å². The maximum atomic E-state index is 13.3. The van der Waals surface area contributed by atoms with Gasteiger partial charge >= 0.3 is 0 Å². The molecule has 0 amide bonds. The molecule has 1 atom stereocenters. The van der Waals surface area contributed by atoms with E-state index >= 15 is 0 Å². The highest BCUT2D eigenvalue weighted by Gasteiger charge is 2.28. The molecular formula is C11H13F5N2. The first-order valence-electron chi connectivity index (χ1n) is 5.38. The summed E-state index contributed by atoms with van der Waals surface area (Å²) < 4.78 is 65.3. The smallest absolute Gasteiger partial charge is 0.200 e. The first-order chi connectivity index (χ1) is 8.41. The fourth-order valence-electron chi connectivity index (χ4n) is 1.60. The van der Waals surface area contributed by atoms with Gasteiger partial charge in [0.05, 0.1) is 0 Å². The Balaban J connectivity index is 3.08. The van der Waals surface area contributed by atoms with Crippen LogP contribution in [0.4, 0.5) is 22.0 Å². The number of hydrogen-bond donors (Lipinski definition) is 2. The largest absolute Gasteiger partial charge is 0.330 e. The van der Waals surface area contributed by atoms with Crippen molar-refractivity contribution >= 4 is 0 Å². The summed E-state index contributed by atoms with van der Waals surface area (Å²) in [6.07, 6.45) is 1.09. The van der Waals surface area contributed by atoms with Crippen LogP contribution in [0.25, 0.3) is 0 Å². The maximum Gasteiger partial charge on any atom is 0.200 e. The van der Waals surface area contributed by atoms with E-state index in [1.807, 2.05) is 0 Å². The lowest BCUT2D eigenvalue weighted by atomic mass is 10.00. The van der Waals surface area contributed by atoms with Crippen LogP contribution in [0.2, 0.25) is 0 Å². The van der Waals surface area contributed by atoms with Crippen molar-refractivity contribution in [3.8, 4) is 0 Å². The second-order valence-corrected chi connectivity index (χ2v) is 3.87. The normalized spacial score (nSPS) is 12.8. The lowest BCUT2D eigenvalue weighted by molar-refractivity contribution is 0.361. The molecule has 0 fully saturated rings. The summed E-state index contributed by atoms with van der Waals surface area (Å²) in [4.78, 5) is 0. The molecule has 1 aromatic rings. The van der Waals surface area contributed by atoms with Crippen molar-refractivity contribution in [2.75, 3.05) is 6.54 Å². The van der Waals surface area contributed by atoms with Crippen molar-refractivity contribution in [2.24, 2.45) is 11.5 Å². The van der Waals surface area contributed by atoms with E-state index in [0.29, 0.717) is 19.4 Å². The van der Waals surface area contributed by atoms with Gasteiger partial charge in [-0.25, -0.2) is 22.0 Å². The minimum atomic E-state index is -2.18. The zero-order valence-corrected chi connectivity index (χ0v) is 9.45. The third-order valence-corrected chi connectivity index (χ3v) is 2.58. The quantitative estimate of drug-likeness (QED) is 0.373. The molecule has 1 rings (SSSR count). The molecule has 102 valence electrons. The molecule has 0 saturated carbocycles. The highest BCUT2D eigenvalue weighted by Crippen LogP contribution is 2.28. The van der Waals surface area contributed by atoms with Gasteiger partial charge in [-0.2, -0.15) is 0 Å². The van der Waals surface area contributed by atoms with Gasteiger partial charge in [0.2, 0.25) is 5.82 Å². The molecule has 1 aromatic carbocycles. The van der Waals surface area contributed by atoms with Crippen LogP contribution in [-0.2, 0) is 0 Å². The molecule has 0 saturated heterocycles. The van der Waals surface area contributed by atoms with Gasteiger partial charge in [0, 0.05) is 11.6 Å². The summed E-state index contributed by atoms with van der Waals surface area (Å²) in [5.74, 6) is -9.86. The molecule has 0 bridgehead atoms. The van der Waals surface area contributed by atoms with Crippen molar-refractivity contribution in [2.45, 2.75) is 25.3 Å². The van der Waals surface area contributed by atoms with Crippen LogP contribution >= 0.6 is 0 Å². The van der Waals surface area contributed by atoms with E-state index < -0.39 is 40.7 Å². The van der Waals surface area contributed by atoms with Crippen molar-refractivity contribution < 1.29 is 22.0 Å². The molecule has 0 heterocycles. The highest BCUT2D eigenvalue weighted by molar-refractivity contribution is 5.26. The SMILES string of the molecule is NCCCC[C@@H](N)c1c(F)c(F)c(F)c(F)c1F. The van der Waals surface area contributed by atoms with E-state index in [4.69, 9.17) is 11.5 Å². The first-order valence-corrected chi connectivity index (χ1v) is 5.38. The van der Waals surface area contributed by atoms with E-state index in [1.165, 1.54) is 0 Å². The molecule has 0 aromatic heterocycles. The average Bonchev–Trinajstić information content (AvgIpc) is 2.34. The summed E-state index contributed by atoms with van der Waals surface area (Å²) >= 11 is 0. The molecule has 0 radical (unpaired) electrons. The maximum absolute atomic E-state index is 13.3. The molecule has 4 N–H and O–H groups in total. The third-order valence-electron chi connectivity index (χ3n) is 2.58. The standard InChI is InChI=1S/C11H13F5N2/c12-7-6(5(18)3-1-2-4-17)8(13)10(15)11(16)9(7)14/h5H,1-4,17-18H2/t5-/m1/s1. The van der Waals surface area contributed by atoms with Crippen LogP contribution in [0.5, 0.6) is 0 Å². The molecule has 7 heteroatoms. The number of rotatable bonds is 5. The van der Waals surface area contributed by atoms with Gasteiger partial charge < -0.3 is 11.5 Å². The van der Waals surface area contributed by atoms with E-state index in [1.54, 1.807) is 0 Å². The van der Waals surface area contributed by atoms with Crippen LogP contribution in [0.1, 0.15) is 30.9 Å². The van der Waals surface area contributed by atoms with E-state index in [0.717, 1.165) is 0 Å². The van der Waals surface area contributed by atoms with Crippen LogP contribution in [0.3, 0.4) is 0 Å². The molecule has 0 aliphatic rings. The molecule has 18 heavy (non-hydrogen) atoms. The van der Waals surface area contributed by atoms with Crippen LogP contribution in [0.15, 0.2) is 0 Å². The topological polar surface area (TPSA) is 52.0 Å². The Morgan fingerprint density at radius 1 is 0.778 bits per heavy atom. The Morgan fingerprint density at radius 2 is 1.22 bits per heavy atom. The van der Waals surface area contributed by atoms with E-state index in [2.05, 4.69) is 0 Å². The van der Waals surface area contributed by atoms with Gasteiger partial charge in [0.1, 0.15) is 0 Å². The van der Waals surface area contributed by atoms with E-state index in [9.17, 15) is 22.0 Å². The predicted octanol–water partition coefficient (Wildman–Crippen LogP) is 2.51. The fourth-order valence-corrected chi connectivity index (χ4v) is 1.60. The summed E-state index contributed by atoms with van der Waals surface area (Å²) in [6.45, 7) is 0.365. The Bertz CT molecular complexity index is 407. The molecule has 0 unspecified atom stereocenters. The lowest BCUT2D eigenvalue weighted by Crippen LogP contribution is -2.18. The molecule has 0 aliphatic heterocycles. The summed E-state index contributed by atoms with van der Waals surface area (Å²) in [5.41, 5.74) is 9.70. The molecule has 0 spiro atoms. The van der Waals surface area contributed by atoms with Crippen LogP contribution < -0.4 is 11.5 Å². The second-order valence-electron chi connectivity index (χ2n) is 3.87. The number of hydrogen-bond acceptors (Lipinski definition) is 2. The van der Waals surface area contributed by atoms with Gasteiger partial charge in [-0.05, 0) is 19.4 Å².